The molecule has 0 amide bonds. The lowest BCUT2D eigenvalue weighted by atomic mass is 10.0. The fraction of sp³-hybridized carbons (Fsp3) is 0.263. The highest BCUT2D eigenvalue weighted by atomic mass is 15.3. The van der Waals surface area contributed by atoms with Crippen LogP contribution in [0.15, 0.2) is 42.6 Å². The molecule has 4 rings (SSSR count). The second-order valence-electron chi connectivity index (χ2n) is 6.60. The van der Waals surface area contributed by atoms with Gasteiger partial charge in [-0.2, -0.15) is 5.10 Å². The maximum atomic E-state index is 8.57. The van der Waals surface area contributed by atoms with E-state index in [1.165, 1.54) is 0 Å². The van der Waals surface area contributed by atoms with Crippen LogP contribution in [0.5, 0.6) is 0 Å². The van der Waals surface area contributed by atoms with Gasteiger partial charge in [-0.15, -0.1) is 0 Å². The summed E-state index contributed by atoms with van der Waals surface area (Å²) in [4.78, 5) is 2.15. The zero-order valence-electron chi connectivity index (χ0n) is 14.2. The van der Waals surface area contributed by atoms with Crippen LogP contribution in [0.25, 0.3) is 10.8 Å². The summed E-state index contributed by atoms with van der Waals surface area (Å²) in [7, 11) is 2.04. The first kappa shape index (κ1) is 15.7. The molecular formula is C19H22N6. The maximum Gasteiger partial charge on any atom is 0.148 e. The predicted octanol–water partition coefficient (Wildman–Crippen LogP) is 1.99. The molecule has 3 aromatic rings. The van der Waals surface area contributed by atoms with E-state index in [9.17, 15) is 0 Å². The Labute approximate surface area is 146 Å². The molecule has 0 saturated carbocycles. The van der Waals surface area contributed by atoms with E-state index >= 15 is 0 Å². The Kier molecular flexibility index (Phi) is 3.69. The van der Waals surface area contributed by atoms with E-state index in [1.807, 2.05) is 49.6 Å². The molecule has 6 heteroatoms. The van der Waals surface area contributed by atoms with E-state index in [4.69, 9.17) is 16.9 Å². The van der Waals surface area contributed by atoms with Crippen LogP contribution in [0.1, 0.15) is 23.7 Å². The van der Waals surface area contributed by atoms with Crippen molar-refractivity contribution in [3.8, 4) is 0 Å². The Morgan fingerprint density at radius 1 is 1.24 bits per heavy atom. The lowest BCUT2D eigenvalue weighted by molar-refractivity contribution is 0.490. The second kappa shape index (κ2) is 5.89. The summed E-state index contributed by atoms with van der Waals surface area (Å²) in [6.45, 7) is 0.994. The van der Waals surface area contributed by atoms with E-state index < -0.39 is 6.17 Å². The second-order valence-corrected chi connectivity index (χ2v) is 6.60. The average molecular weight is 334 g/mol. The van der Waals surface area contributed by atoms with E-state index in [2.05, 4.69) is 10.00 Å². The Balaban J connectivity index is 1.80. The number of fused-ring (bicyclic) bond motifs is 2. The van der Waals surface area contributed by atoms with Crippen LogP contribution in [0.2, 0.25) is 0 Å². The summed E-state index contributed by atoms with van der Waals surface area (Å²) in [5.41, 5.74) is 16.6. The van der Waals surface area contributed by atoms with Gasteiger partial charge in [-0.25, -0.2) is 4.68 Å². The fourth-order valence-corrected chi connectivity index (χ4v) is 3.55. The number of nitrogens with two attached hydrogens (primary N) is 2. The normalized spacial score (nSPS) is 15.2. The highest BCUT2D eigenvalue weighted by Gasteiger charge is 2.19. The van der Waals surface area contributed by atoms with Crippen molar-refractivity contribution in [2.45, 2.75) is 19.0 Å². The summed E-state index contributed by atoms with van der Waals surface area (Å²) >= 11 is 0. The SMILES string of the molecule is CN1CCCc2c1cnn(C(N)c1ccc3cccc(N)c3c1)c2=N. The van der Waals surface area contributed by atoms with Gasteiger partial charge >= 0.3 is 0 Å². The molecule has 0 bridgehead atoms. The van der Waals surface area contributed by atoms with E-state index in [0.29, 0.717) is 5.49 Å². The Morgan fingerprint density at radius 3 is 2.92 bits per heavy atom. The van der Waals surface area contributed by atoms with Crippen molar-refractivity contribution in [2.24, 2.45) is 5.73 Å². The molecule has 1 aliphatic heterocycles. The first-order valence-corrected chi connectivity index (χ1v) is 8.46. The summed E-state index contributed by atoms with van der Waals surface area (Å²) in [6.07, 6.45) is 3.23. The molecule has 2 heterocycles. The molecule has 0 aliphatic carbocycles. The molecule has 2 aromatic carbocycles. The molecule has 5 N–H and O–H groups in total. The van der Waals surface area contributed by atoms with Gasteiger partial charge < -0.3 is 16.4 Å². The number of anilines is 2. The topological polar surface area (TPSA) is 96.9 Å². The zero-order valence-corrected chi connectivity index (χ0v) is 14.2. The minimum Gasteiger partial charge on any atom is -0.398 e. The van der Waals surface area contributed by atoms with Crippen LogP contribution >= 0.6 is 0 Å². The number of nitrogens with zero attached hydrogens (tertiary/aromatic N) is 3. The number of aromatic nitrogens is 2. The van der Waals surface area contributed by atoms with Gasteiger partial charge in [-0.3, -0.25) is 5.41 Å². The van der Waals surface area contributed by atoms with Crippen LogP contribution in [0.3, 0.4) is 0 Å². The van der Waals surface area contributed by atoms with Crippen LogP contribution < -0.4 is 21.9 Å². The van der Waals surface area contributed by atoms with E-state index in [-0.39, 0.29) is 0 Å². The van der Waals surface area contributed by atoms with Crippen molar-refractivity contribution in [3.63, 3.8) is 0 Å². The highest BCUT2D eigenvalue weighted by molar-refractivity contribution is 5.93. The molecule has 25 heavy (non-hydrogen) atoms. The molecule has 1 unspecified atom stereocenters. The number of rotatable bonds is 2. The summed E-state index contributed by atoms with van der Waals surface area (Å²) in [5.74, 6) is 0. The van der Waals surface area contributed by atoms with Gasteiger partial charge in [0.25, 0.3) is 0 Å². The van der Waals surface area contributed by atoms with Crippen LogP contribution in [-0.4, -0.2) is 23.4 Å². The smallest absolute Gasteiger partial charge is 0.148 e. The Bertz CT molecular complexity index is 1010. The molecule has 1 aliphatic rings. The highest BCUT2D eigenvalue weighted by Crippen LogP contribution is 2.25. The lowest BCUT2D eigenvalue weighted by Gasteiger charge is -2.28. The molecule has 0 fully saturated rings. The van der Waals surface area contributed by atoms with Crippen molar-refractivity contribution in [2.75, 3.05) is 24.2 Å². The number of nitrogens with one attached hydrogen (secondary N) is 1. The van der Waals surface area contributed by atoms with Gasteiger partial charge in [0.05, 0.1) is 11.9 Å². The molecule has 128 valence electrons. The summed E-state index contributed by atoms with van der Waals surface area (Å²) in [6, 6.07) is 11.8. The molecule has 1 aromatic heterocycles. The van der Waals surface area contributed by atoms with Crippen LogP contribution in [0, 0.1) is 5.41 Å². The van der Waals surface area contributed by atoms with Crippen molar-refractivity contribution >= 4 is 22.1 Å². The Hall–Kier alpha value is -2.86. The molecule has 0 saturated heterocycles. The first-order valence-electron chi connectivity index (χ1n) is 8.46. The van der Waals surface area contributed by atoms with Gasteiger partial charge in [0, 0.05) is 30.2 Å². The van der Waals surface area contributed by atoms with Gasteiger partial charge in [0.1, 0.15) is 11.7 Å². The minimum atomic E-state index is -0.519. The van der Waals surface area contributed by atoms with Crippen molar-refractivity contribution in [3.05, 3.63) is 59.2 Å². The largest absolute Gasteiger partial charge is 0.398 e. The Morgan fingerprint density at radius 2 is 2.08 bits per heavy atom. The number of hydrogen-bond acceptors (Lipinski definition) is 5. The number of nitrogen functional groups attached to an aromatic ring is 1. The third-order valence-corrected chi connectivity index (χ3v) is 5.01. The number of hydrogen-bond donors (Lipinski definition) is 3. The van der Waals surface area contributed by atoms with Gasteiger partial charge in [-0.05, 0) is 35.9 Å². The third kappa shape index (κ3) is 2.55. The zero-order chi connectivity index (χ0) is 17.6. The monoisotopic (exact) mass is 334 g/mol. The third-order valence-electron chi connectivity index (χ3n) is 5.01. The van der Waals surface area contributed by atoms with Gasteiger partial charge in [0.2, 0.25) is 0 Å². The summed E-state index contributed by atoms with van der Waals surface area (Å²) < 4.78 is 1.60. The first-order chi connectivity index (χ1) is 12.1. The van der Waals surface area contributed by atoms with E-state index in [1.54, 1.807) is 4.68 Å². The standard InChI is InChI=1S/C19H22N6/c1-24-9-3-5-14-17(24)11-23-25(19(14)22)18(21)13-8-7-12-4-2-6-16(20)15(12)10-13/h2,4,6-8,10-11,18,22H,3,5,9,20-21H2,1H3. The van der Waals surface area contributed by atoms with Crippen LogP contribution in [0.4, 0.5) is 11.4 Å². The van der Waals surface area contributed by atoms with Crippen LogP contribution in [-0.2, 0) is 6.42 Å². The molecule has 6 nitrogen and oxygen atoms in total. The molecule has 0 spiro atoms. The maximum absolute atomic E-state index is 8.57. The van der Waals surface area contributed by atoms with Gasteiger partial charge in [-0.1, -0.05) is 24.3 Å². The van der Waals surface area contributed by atoms with Crippen molar-refractivity contribution in [1.29, 1.82) is 5.41 Å². The van der Waals surface area contributed by atoms with Crippen molar-refractivity contribution in [1.82, 2.24) is 9.78 Å². The number of benzene rings is 2. The molecule has 0 radical (unpaired) electrons. The van der Waals surface area contributed by atoms with Crippen molar-refractivity contribution < 1.29 is 0 Å². The predicted molar refractivity (Wildman–Crippen MR) is 100 cm³/mol. The minimum absolute atomic E-state index is 0.387. The quantitative estimate of drug-likeness (QED) is 0.624. The van der Waals surface area contributed by atoms with Gasteiger partial charge in [0.15, 0.2) is 0 Å². The fourth-order valence-electron chi connectivity index (χ4n) is 3.55. The molecular weight excluding hydrogens is 312 g/mol. The van der Waals surface area contributed by atoms with E-state index in [0.717, 1.165) is 52.7 Å². The summed E-state index contributed by atoms with van der Waals surface area (Å²) in [5, 5.41) is 15.1. The molecule has 1 atom stereocenters. The average Bonchev–Trinajstić information content (AvgIpc) is 2.62. The lowest BCUT2D eigenvalue weighted by Crippen LogP contribution is -2.38.